The number of hydrogen-bond acceptors (Lipinski definition) is 5. The van der Waals surface area contributed by atoms with Crippen molar-refractivity contribution in [3.05, 3.63) is 11.7 Å². The number of nitrogens with one attached hydrogen (secondary N) is 1. The van der Waals surface area contributed by atoms with E-state index in [1.54, 1.807) is 6.92 Å². The van der Waals surface area contributed by atoms with Crippen molar-refractivity contribution in [2.75, 3.05) is 6.54 Å². The molecule has 90 valence electrons. The van der Waals surface area contributed by atoms with E-state index in [0.29, 0.717) is 24.7 Å². The highest BCUT2D eigenvalue weighted by molar-refractivity contribution is 7.81. The lowest BCUT2D eigenvalue weighted by Crippen LogP contribution is -2.35. The summed E-state index contributed by atoms with van der Waals surface area (Å²) in [5.74, 6) is 1.30. The average molecular weight is 243 g/mol. The van der Waals surface area contributed by atoms with Crippen molar-refractivity contribution in [3.63, 3.8) is 0 Å². The quantitative estimate of drug-likeness (QED) is 0.757. The van der Waals surface area contributed by atoms with Gasteiger partial charge in [0, 0.05) is 13.0 Å². The van der Waals surface area contributed by atoms with Crippen LogP contribution in [0.4, 0.5) is 0 Å². The van der Waals surface area contributed by atoms with Crippen LogP contribution >= 0.6 is 12.6 Å². The van der Waals surface area contributed by atoms with Gasteiger partial charge in [-0.3, -0.25) is 4.79 Å². The summed E-state index contributed by atoms with van der Waals surface area (Å²) in [6.07, 6.45) is 0.547. The number of aryl methyl sites for hydroxylation is 1. The molecular weight excluding hydrogens is 226 g/mol. The lowest BCUT2D eigenvalue weighted by Gasteiger charge is -2.13. The highest BCUT2D eigenvalue weighted by Gasteiger charge is 2.17. The van der Waals surface area contributed by atoms with Crippen LogP contribution in [0.25, 0.3) is 0 Å². The van der Waals surface area contributed by atoms with E-state index in [0.717, 1.165) is 0 Å². The fourth-order valence-electron chi connectivity index (χ4n) is 1.14. The minimum absolute atomic E-state index is 0.0606. The molecule has 1 rings (SSSR count). The maximum absolute atomic E-state index is 11.5. The van der Waals surface area contributed by atoms with Gasteiger partial charge in [-0.25, -0.2) is 0 Å². The zero-order valence-corrected chi connectivity index (χ0v) is 10.6. The molecule has 1 atom stereocenters. The molecule has 0 aliphatic rings. The fraction of sp³-hybridized carbons (Fsp3) is 0.700. The normalized spacial score (nSPS) is 12.8. The van der Waals surface area contributed by atoms with Gasteiger partial charge in [-0.05, 0) is 12.8 Å². The molecule has 0 radical (unpaired) electrons. The predicted octanol–water partition coefficient (Wildman–Crippen LogP) is 0.991. The molecule has 0 aliphatic heterocycles. The first kappa shape index (κ1) is 13.0. The summed E-state index contributed by atoms with van der Waals surface area (Å²) in [5.41, 5.74) is 0. The van der Waals surface area contributed by atoms with Crippen molar-refractivity contribution >= 4 is 18.5 Å². The van der Waals surface area contributed by atoms with E-state index in [2.05, 4.69) is 28.1 Å². The van der Waals surface area contributed by atoms with Crippen molar-refractivity contribution in [3.8, 4) is 0 Å². The molecule has 6 heteroatoms. The van der Waals surface area contributed by atoms with E-state index >= 15 is 0 Å². The highest BCUT2D eigenvalue weighted by atomic mass is 32.1. The second kappa shape index (κ2) is 5.89. The van der Waals surface area contributed by atoms with Gasteiger partial charge >= 0.3 is 0 Å². The lowest BCUT2D eigenvalue weighted by atomic mass is 10.1. The van der Waals surface area contributed by atoms with Gasteiger partial charge in [-0.1, -0.05) is 19.0 Å². The number of rotatable bonds is 5. The third-order valence-corrected chi connectivity index (χ3v) is 2.94. The Morgan fingerprint density at radius 2 is 2.25 bits per heavy atom. The molecular formula is C10H17N3O2S. The average Bonchev–Trinajstić information content (AvgIpc) is 2.62. The summed E-state index contributed by atoms with van der Waals surface area (Å²) < 4.78 is 4.92. The van der Waals surface area contributed by atoms with Gasteiger partial charge in [-0.2, -0.15) is 17.6 Å². The summed E-state index contributed by atoms with van der Waals surface area (Å²) in [6, 6.07) is 0. The standard InChI is InChI=1S/C10H17N3O2S/c1-6(2)9(16)10(14)11-5-4-8-12-7(3)13-15-8/h6,9,16H,4-5H2,1-3H3,(H,11,14). The Morgan fingerprint density at radius 1 is 1.56 bits per heavy atom. The van der Waals surface area contributed by atoms with Crippen molar-refractivity contribution in [2.45, 2.75) is 32.4 Å². The van der Waals surface area contributed by atoms with Crippen molar-refractivity contribution in [1.29, 1.82) is 0 Å². The minimum atomic E-state index is -0.274. The van der Waals surface area contributed by atoms with E-state index in [1.807, 2.05) is 13.8 Å². The molecule has 1 unspecified atom stereocenters. The second-order valence-electron chi connectivity index (χ2n) is 3.97. The van der Waals surface area contributed by atoms with E-state index in [9.17, 15) is 4.79 Å². The Balaban J connectivity index is 2.28. The minimum Gasteiger partial charge on any atom is -0.355 e. The van der Waals surface area contributed by atoms with Crippen LogP contribution in [0.5, 0.6) is 0 Å². The number of aromatic nitrogens is 2. The van der Waals surface area contributed by atoms with Crippen LogP contribution in [0.3, 0.4) is 0 Å². The van der Waals surface area contributed by atoms with Gasteiger partial charge in [0.1, 0.15) is 0 Å². The highest BCUT2D eigenvalue weighted by Crippen LogP contribution is 2.08. The molecule has 5 nitrogen and oxygen atoms in total. The van der Waals surface area contributed by atoms with E-state index in [4.69, 9.17) is 4.52 Å². The van der Waals surface area contributed by atoms with Crippen LogP contribution in [0.2, 0.25) is 0 Å². The van der Waals surface area contributed by atoms with Crippen LogP contribution in [0.15, 0.2) is 4.52 Å². The molecule has 0 saturated heterocycles. The van der Waals surface area contributed by atoms with Crippen molar-refractivity contribution in [1.82, 2.24) is 15.5 Å². The molecule has 1 aromatic rings. The molecule has 1 aromatic heterocycles. The molecule has 16 heavy (non-hydrogen) atoms. The van der Waals surface area contributed by atoms with Gasteiger partial charge in [-0.15, -0.1) is 0 Å². The third-order valence-electron chi connectivity index (χ3n) is 2.11. The van der Waals surface area contributed by atoms with Gasteiger partial charge in [0.25, 0.3) is 0 Å². The van der Waals surface area contributed by atoms with Gasteiger partial charge < -0.3 is 9.84 Å². The topological polar surface area (TPSA) is 68.0 Å². The van der Waals surface area contributed by atoms with E-state index < -0.39 is 0 Å². The first-order valence-corrected chi connectivity index (χ1v) is 5.77. The van der Waals surface area contributed by atoms with Gasteiger partial charge in [0.2, 0.25) is 11.8 Å². The fourth-order valence-corrected chi connectivity index (χ4v) is 1.23. The molecule has 0 spiro atoms. The Bertz CT molecular complexity index is 352. The first-order chi connectivity index (χ1) is 7.50. The largest absolute Gasteiger partial charge is 0.355 e. The summed E-state index contributed by atoms with van der Waals surface area (Å²) in [7, 11) is 0. The SMILES string of the molecule is Cc1noc(CCNC(=O)C(S)C(C)C)n1. The molecule has 1 amide bonds. The van der Waals surface area contributed by atoms with E-state index in [-0.39, 0.29) is 17.1 Å². The Kier molecular flexibility index (Phi) is 4.79. The Hall–Kier alpha value is -1.04. The van der Waals surface area contributed by atoms with Crippen LogP contribution in [-0.4, -0.2) is 27.8 Å². The van der Waals surface area contributed by atoms with Crippen molar-refractivity contribution < 1.29 is 9.32 Å². The molecule has 0 saturated carbocycles. The zero-order chi connectivity index (χ0) is 12.1. The summed E-state index contributed by atoms with van der Waals surface area (Å²) in [5, 5.41) is 6.17. The Morgan fingerprint density at radius 3 is 2.75 bits per heavy atom. The monoisotopic (exact) mass is 243 g/mol. The number of hydrogen-bond donors (Lipinski definition) is 2. The predicted molar refractivity (Wildman–Crippen MR) is 63.4 cm³/mol. The summed E-state index contributed by atoms with van der Waals surface area (Å²) in [4.78, 5) is 15.6. The van der Waals surface area contributed by atoms with Gasteiger partial charge in [0.15, 0.2) is 5.82 Å². The van der Waals surface area contributed by atoms with Crippen LogP contribution < -0.4 is 5.32 Å². The maximum Gasteiger partial charge on any atom is 0.233 e. The Labute approximate surface area is 100 Å². The smallest absolute Gasteiger partial charge is 0.233 e. The van der Waals surface area contributed by atoms with E-state index in [1.165, 1.54) is 0 Å². The zero-order valence-electron chi connectivity index (χ0n) is 9.73. The number of nitrogens with zero attached hydrogens (tertiary/aromatic N) is 2. The first-order valence-electron chi connectivity index (χ1n) is 5.25. The summed E-state index contributed by atoms with van der Waals surface area (Å²) in [6.45, 7) is 6.16. The number of thiol groups is 1. The molecule has 1 N–H and O–H groups in total. The number of amides is 1. The second-order valence-corrected chi connectivity index (χ2v) is 4.52. The molecule has 0 aliphatic carbocycles. The van der Waals surface area contributed by atoms with Crippen molar-refractivity contribution in [2.24, 2.45) is 5.92 Å². The van der Waals surface area contributed by atoms with Crippen LogP contribution in [0, 0.1) is 12.8 Å². The number of carbonyl (C=O) groups is 1. The van der Waals surface area contributed by atoms with Crippen LogP contribution in [0.1, 0.15) is 25.6 Å². The number of carbonyl (C=O) groups excluding carboxylic acids is 1. The molecule has 0 fully saturated rings. The molecule has 1 heterocycles. The lowest BCUT2D eigenvalue weighted by molar-refractivity contribution is -0.121. The van der Waals surface area contributed by atoms with Gasteiger partial charge in [0.05, 0.1) is 5.25 Å². The maximum atomic E-state index is 11.5. The molecule has 0 aromatic carbocycles. The molecule has 0 bridgehead atoms. The van der Waals surface area contributed by atoms with Crippen LogP contribution in [-0.2, 0) is 11.2 Å². The summed E-state index contributed by atoms with van der Waals surface area (Å²) >= 11 is 4.22. The third kappa shape index (κ3) is 3.84.